The normalized spacial score (nSPS) is 14.7. The number of nitrogens with zero attached hydrogens (tertiary/aromatic N) is 1. The lowest BCUT2D eigenvalue weighted by Crippen LogP contribution is -2.44. The van der Waals surface area contributed by atoms with Crippen LogP contribution in [0.25, 0.3) is 0 Å². The van der Waals surface area contributed by atoms with Gasteiger partial charge in [-0.1, -0.05) is 72.3 Å². The van der Waals surface area contributed by atoms with Gasteiger partial charge in [-0.2, -0.15) is 0 Å². The molecule has 0 saturated carbocycles. The third-order valence-corrected chi connectivity index (χ3v) is 3.88. The van der Waals surface area contributed by atoms with Crippen molar-refractivity contribution in [1.29, 1.82) is 0 Å². The van der Waals surface area contributed by atoms with E-state index in [0.29, 0.717) is 25.7 Å². The number of rotatable bonds is 5. The Hall–Kier alpha value is -2.46. The van der Waals surface area contributed by atoms with Gasteiger partial charge in [-0.25, -0.2) is 0 Å². The van der Waals surface area contributed by atoms with Crippen molar-refractivity contribution in [2.75, 3.05) is 6.67 Å². The highest BCUT2D eigenvalue weighted by Crippen LogP contribution is 2.20. The van der Waals surface area contributed by atoms with E-state index in [1.54, 1.807) is 4.90 Å². The van der Waals surface area contributed by atoms with Gasteiger partial charge in [-0.3, -0.25) is 4.79 Å². The van der Waals surface area contributed by atoms with Crippen molar-refractivity contribution in [3.63, 3.8) is 0 Å². The van der Waals surface area contributed by atoms with Crippen molar-refractivity contribution < 1.29 is 9.53 Å². The van der Waals surface area contributed by atoms with Gasteiger partial charge >= 0.3 is 0 Å². The molecular weight excluding hydrogens is 312 g/mol. The van der Waals surface area contributed by atoms with Crippen molar-refractivity contribution >= 4 is 17.5 Å². The standard InChI is InChI=1S/C18H17ClN2O2/c19-16-17(23-12-15-9-5-2-6-10-15)20-13-21(18(16)22)11-14-7-3-1-4-8-14/h1-10,20H,11-13H2. The zero-order valence-corrected chi connectivity index (χ0v) is 13.3. The van der Waals surface area contributed by atoms with Gasteiger partial charge in [0.05, 0.1) is 6.67 Å². The van der Waals surface area contributed by atoms with Crippen LogP contribution in [0.2, 0.25) is 0 Å². The van der Waals surface area contributed by atoms with Crippen LogP contribution in [0.15, 0.2) is 71.6 Å². The number of benzene rings is 2. The third-order valence-electron chi connectivity index (χ3n) is 3.55. The molecule has 0 fully saturated rings. The molecule has 0 saturated heterocycles. The highest BCUT2D eigenvalue weighted by atomic mass is 35.5. The summed E-state index contributed by atoms with van der Waals surface area (Å²) in [6.07, 6.45) is 0. The Morgan fingerprint density at radius 1 is 1.00 bits per heavy atom. The summed E-state index contributed by atoms with van der Waals surface area (Å²) in [5, 5.41) is 3.16. The van der Waals surface area contributed by atoms with E-state index in [0.717, 1.165) is 11.1 Å². The van der Waals surface area contributed by atoms with Crippen LogP contribution < -0.4 is 5.32 Å². The fraction of sp³-hybridized carbons (Fsp3) is 0.167. The molecule has 23 heavy (non-hydrogen) atoms. The molecule has 1 amide bonds. The highest BCUT2D eigenvalue weighted by Gasteiger charge is 2.26. The number of carbonyl (C=O) groups is 1. The van der Waals surface area contributed by atoms with E-state index in [9.17, 15) is 4.79 Å². The molecule has 0 radical (unpaired) electrons. The third kappa shape index (κ3) is 3.85. The van der Waals surface area contributed by atoms with Crippen molar-refractivity contribution in [3.8, 4) is 0 Å². The Labute approximate surface area is 140 Å². The molecule has 2 aromatic rings. The minimum Gasteiger partial charge on any atom is -0.473 e. The van der Waals surface area contributed by atoms with E-state index in [2.05, 4.69) is 5.32 Å². The Kier molecular flexibility index (Phi) is 4.83. The fourth-order valence-electron chi connectivity index (χ4n) is 2.33. The Bertz CT molecular complexity index is 701. The molecule has 0 aliphatic carbocycles. The summed E-state index contributed by atoms with van der Waals surface area (Å²) >= 11 is 6.16. The zero-order chi connectivity index (χ0) is 16.1. The average Bonchev–Trinajstić information content (AvgIpc) is 2.60. The number of hydrogen-bond donors (Lipinski definition) is 1. The van der Waals surface area contributed by atoms with Gasteiger partial charge in [0.15, 0.2) is 5.03 Å². The summed E-state index contributed by atoms with van der Waals surface area (Å²) in [5.74, 6) is 0.113. The van der Waals surface area contributed by atoms with Crippen molar-refractivity contribution in [2.24, 2.45) is 0 Å². The van der Waals surface area contributed by atoms with E-state index in [1.807, 2.05) is 60.7 Å². The lowest BCUT2D eigenvalue weighted by Gasteiger charge is -2.29. The zero-order valence-electron chi connectivity index (χ0n) is 12.5. The lowest BCUT2D eigenvalue weighted by atomic mass is 10.2. The summed E-state index contributed by atoms with van der Waals surface area (Å²) in [7, 11) is 0. The van der Waals surface area contributed by atoms with Gasteiger partial charge in [0, 0.05) is 6.54 Å². The van der Waals surface area contributed by atoms with E-state index >= 15 is 0 Å². The number of halogens is 1. The summed E-state index contributed by atoms with van der Waals surface area (Å²) in [4.78, 5) is 14.0. The minimum absolute atomic E-state index is 0.0862. The Morgan fingerprint density at radius 3 is 2.26 bits per heavy atom. The monoisotopic (exact) mass is 328 g/mol. The number of nitrogens with one attached hydrogen (secondary N) is 1. The van der Waals surface area contributed by atoms with Crippen LogP contribution in [0.5, 0.6) is 0 Å². The second-order valence-corrected chi connectivity index (χ2v) is 5.62. The van der Waals surface area contributed by atoms with Gasteiger partial charge in [-0.05, 0) is 11.1 Å². The molecule has 0 unspecified atom stereocenters. The van der Waals surface area contributed by atoms with E-state index < -0.39 is 0 Å². The van der Waals surface area contributed by atoms with Crippen LogP contribution in [0.3, 0.4) is 0 Å². The molecule has 1 aliphatic heterocycles. The first-order valence-electron chi connectivity index (χ1n) is 7.37. The molecule has 1 heterocycles. The smallest absolute Gasteiger partial charge is 0.272 e. The molecule has 118 valence electrons. The second kappa shape index (κ2) is 7.20. The number of hydrogen-bond acceptors (Lipinski definition) is 3. The molecule has 0 atom stereocenters. The molecule has 3 rings (SSSR count). The average molecular weight is 329 g/mol. The number of amides is 1. The van der Waals surface area contributed by atoms with E-state index in [1.165, 1.54) is 0 Å². The molecule has 5 heteroatoms. The van der Waals surface area contributed by atoms with Gasteiger partial charge in [-0.15, -0.1) is 0 Å². The molecule has 1 aliphatic rings. The van der Waals surface area contributed by atoms with Gasteiger partial charge in [0.25, 0.3) is 5.91 Å². The molecule has 0 bridgehead atoms. The van der Waals surface area contributed by atoms with Crippen LogP contribution in [-0.4, -0.2) is 17.5 Å². The topological polar surface area (TPSA) is 41.6 Å². The molecule has 0 spiro atoms. The first kappa shape index (κ1) is 15.4. The lowest BCUT2D eigenvalue weighted by molar-refractivity contribution is -0.128. The molecule has 1 N–H and O–H groups in total. The Morgan fingerprint density at radius 2 is 1.61 bits per heavy atom. The summed E-state index contributed by atoms with van der Waals surface area (Å²) in [6, 6.07) is 19.5. The Balaban J connectivity index is 1.64. The van der Waals surface area contributed by atoms with E-state index in [4.69, 9.17) is 16.3 Å². The highest BCUT2D eigenvalue weighted by molar-refractivity contribution is 6.42. The van der Waals surface area contributed by atoms with Crippen LogP contribution in [0.1, 0.15) is 11.1 Å². The van der Waals surface area contributed by atoms with Crippen LogP contribution in [0, 0.1) is 0 Å². The number of carbonyl (C=O) groups excluding carboxylic acids is 1. The first-order chi connectivity index (χ1) is 11.2. The van der Waals surface area contributed by atoms with Gasteiger partial charge in [0.1, 0.15) is 6.61 Å². The maximum absolute atomic E-state index is 12.4. The van der Waals surface area contributed by atoms with Crippen LogP contribution in [-0.2, 0) is 22.7 Å². The summed E-state index contributed by atoms with van der Waals surface area (Å²) in [5.41, 5.74) is 2.08. The molecule has 0 aromatic heterocycles. The van der Waals surface area contributed by atoms with Crippen molar-refractivity contribution in [1.82, 2.24) is 10.2 Å². The predicted molar refractivity (Wildman–Crippen MR) is 89.1 cm³/mol. The SMILES string of the molecule is O=C1C(Cl)=C(OCc2ccccc2)NCN1Cc1ccccc1. The summed E-state index contributed by atoms with van der Waals surface area (Å²) in [6.45, 7) is 1.24. The maximum Gasteiger partial charge on any atom is 0.272 e. The number of ether oxygens (including phenoxy) is 1. The van der Waals surface area contributed by atoms with Gasteiger partial charge in [0.2, 0.25) is 5.88 Å². The summed E-state index contributed by atoms with van der Waals surface area (Å²) < 4.78 is 5.64. The predicted octanol–water partition coefficient (Wildman–Crippen LogP) is 3.20. The molecular formula is C18H17ClN2O2. The van der Waals surface area contributed by atoms with Crippen LogP contribution >= 0.6 is 11.6 Å². The fourth-order valence-corrected chi connectivity index (χ4v) is 2.57. The van der Waals surface area contributed by atoms with Gasteiger partial charge < -0.3 is 15.0 Å². The molecule has 4 nitrogen and oxygen atoms in total. The maximum atomic E-state index is 12.4. The second-order valence-electron chi connectivity index (χ2n) is 5.24. The largest absolute Gasteiger partial charge is 0.473 e. The molecule has 2 aromatic carbocycles. The van der Waals surface area contributed by atoms with Crippen molar-refractivity contribution in [3.05, 3.63) is 82.7 Å². The minimum atomic E-state index is -0.225. The van der Waals surface area contributed by atoms with Crippen molar-refractivity contribution in [2.45, 2.75) is 13.2 Å². The first-order valence-corrected chi connectivity index (χ1v) is 7.75. The van der Waals surface area contributed by atoms with E-state index in [-0.39, 0.29) is 10.9 Å². The van der Waals surface area contributed by atoms with Crippen LogP contribution in [0.4, 0.5) is 0 Å². The quantitative estimate of drug-likeness (QED) is 0.916.